The van der Waals surface area contributed by atoms with Gasteiger partial charge in [-0.15, -0.1) is 0 Å². The standard InChI is InChI=1S/C4H6O6.K.Li.2H/c5-1(3(7)8)2(6)4(9)10;;;;/h1-2,5-6H,(H,7,8)(H,9,10);;;;. The van der Waals surface area contributed by atoms with Gasteiger partial charge in [-0.3, -0.25) is 0 Å². The summed E-state index contributed by atoms with van der Waals surface area (Å²) in [5.41, 5.74) is 0. The molecule has 0 aromatic heterocycles. The number of hydrogen-bond acceptors (Lipinski definition) is 4. The van der Waals surface area contributed by atoms with Crippen molar-refractivity contribution >= 4 is 82.2 Å². The van der Waals surface area contributed by atoms with Crippen LogP contribution in [0.2, 0.25) is 0 Å². The Morgan fingerprint density at radius 3 is 1.17 bits per heavy atom. The average Bonchev–Trinajstić information content (AvgIpc) is 1.84. The maximum absolute atomic E-state index is 9.77. The molecule has 0 aromatic rings. The second-order valence-corrected chi connectivity index (χ2v) is 1.57. The quantitative estimate of drug-likeness (QED) is 0.351. The Hall–Kier alpha value is 1.09. The van der Waals surface area contributed by atoms with Crippen molar-refractivity contribution in [2.24, 2.45) is 0 Å². The van der Waals surface area contributed by atoms with Crippen molar-refractivity contribution in [2.75, 3.05) is 0 Å². The van der Waals surface area contributed by atoms with Gasteiger partial charge in [0.25, 0.3) is 0 Å². The molecule has 0 saturated carbocycles. The van der Waals surface area contributed by atoms with E-state index in [9.17, 15) is 9.59 Å². The molecule has 0 spiro atoms. The molecule has 0 saturated heterocycles. The zero-order chi connectivity index (χ0) is 8.31. The second-order valence-electron chi connectivity index (χ2n) is 1.57. The minimum absolute atomic E-state index is 0. The molecule has 2 atom stereocenters. The van der Waals surface area contributed by atoms with Crippen LogP contribution in [0.15, 0.2) is 0 Å². The molecule has 12 heavy (non-hydrogen) atoms. The molecule has 0 heterocycles. The Morgan fingerprint density at radius 1 is 0.917 bits per heavy atom. The molecule has 0 aliphatic rings. The number of aliphatic hydroxyl groups excluding tert-OH is 2. The number of rotatable bonds is 3. The minimum atomic E-state index is -2.27. The number of carbonyl (C=O) groups is 2. The van der Waals surface area contributed by atoms with Gasteiger partial charge in [-0.2, -0.15) is 0 Å². The van der Waals surface area contributed by atoms with Crippen LogP contribution in [0, 0.1) is 0 Å². The molecule has 62 valence electrons. The Bertz CT molecular complexity index is 144. The predicted molar refractivity (Wildman–Crippen MR) is 41.6 cm³/mol. The third-order valence-electron chi connectivity index (χ3n) is 0.805. The SMILES string of the molecule is O=C(O)C(O)C(O)C(=O)O.[KH].[LiH]. The molecule has 0 aliphatic heterocycles. The van der Waals surface area contributed by atoms with Crippen LogP contribution in [0.5, 0.6) is 0 Å². The number of aliphatic hydroxyl groups is 2. The summed E-state index contributed by atoms with van der Waals surface area (Å²) < 4.78 is 0. The van der Waals surface area contributed by atoms with Crippen molar-refractivity contribution in [3.63, 3.8) is 0 Å². The fraction of sp³-hybridized carbons (Fsp3) is 0.500. The molecule has 2 unspecified atom stereocenters. The summed E-state index contributed by atoms with van der Waals surface area (Å²) >= 11 is 0. The van der Waals surface area contributed by atoms with Gasteiger partial charge < -0.3 is 20.4 Å². The molecule has 0 aromatic carbocycles. The van der Waals surface area contributed by atoms with Crippen LogP contribution in [-0.2, 0) is 9.59 Å². The summed E-state index contributed by atoms with van der Waals surface area (Å²) in [7, 11) is 0. The topological polar surface area (TPSA) is 115 Å². The van der Waals surface area contributed by atoms with Crippen molar-refractivity contribution in [3.8, 4) is 0 Å². The maximum atomic E-state index is 9.77. The molecular formula is C4H8KLiO6. The fourth-order valence-corrected chi connectivity index (χ4v) is 0.270. The molecule has 6 nitrogen and oxygen atoms in total. The number of aliphatic carboxylic acids is 2. The third kappa shape index (κ3) is 6.59. The van der Waals surface area contributed by atoms with Crippen molar-refractivity contribution in [3.05, 3.63) is 0 Å². The first kappa shape index (κ1) is 18.8. The van der Waals surface area contributed by atoms with Gasteiger partial charge in [0, 0.05) is 0 Å². The number of hydrogen-bond donors (Lipinski definition) is 4. The summed E-state index contributed by atoms with van der Waals surface area (Å²) in [4.78, 5) is 19.5. The fourth-order valence-electron chi connectivity index (χ4n) is 0.270. The van der Waals surface area contributed by atoms with Crippen LogP contribution in [-0.4, -0.2) is 115 Å². The van der Waals surface area contributed by atoms with E-state index in [0.717, 1.165) is 0 Å². The number of carboxylic acids is 2. The van der Waals surface area contributed by atoms with Gasteiger partial charge in [0.2, 0.25) is 0 Å². The normalized spacial score (nSPS) is 13.2. The van der Waals surface area contributed by atoms with Gasteiger partial charge in [0.1, 0.15) is 0 Å². The van der Waals surface area contributed by atoms with Gasteiger partial charge >= 0.3 is 82.2 Å². The van der Waals surface area contributed by atoms with Crippen LogP contribution < -0.4 is 0 Å². The van der Waals surface area contributed by atoms with Gasteiger partial charge in [0.05, 0.1) is 0 Å². The summed E-state index contributed by atoms with van der Waals surface area (Å²) in [5.74, 6) is -3.54. The van der Waals surface area contributed by atoms with E-state index >= 15 is 0 Å². The van der Waals surface area contributed by atoms with E-state index < -0.39 is 24.1 Å². The summed E-state index contributed by atoms with van der Waals surface area (Å²) in [5, 5.41) is 32.5. The Labute approximate surface area is 123 Å². The third-order valence-corrected chi connectivity index (χ3v) is 0.805. The van der Waals surface area contributed by atoms with Crippen LogP contribution in [0.1, 0.15) is 0 Å². The van der Waals surface area contributed by atoms with Crippen molar-refractivity contribution in [1.29, 1.82) is 0 Å². The zero-order valence-electron chi connectivity index (χ0n) is 4.76. The zero-order valence-corrected chi connectivity index (χ0v) is 4.76. The summed E-state index contributed by atoms with van der Waals surface area (Å²) in [6.07, 6.45) is -4.53. The first-order chi connectivity index (χ1) is 4.46. The summed E-state index contributed by atoms with van der Waals surface area (Å²) in [6, 6.07) is 0. The monoisotopic (exact) mass is 198 g/mol. The Kier molecular flexibility index (Phi) is 13.6. The van der Waals surface area contributed by atoms with Crippen LogP contribution in [0.25, 0.3) is 0 Å². The van der Waals surface area contributed by atoms with Crippen molar-refractivity contribution < 1.29 is 30.0 Å². The van der Waals surface area contributed by atoms with E-state index in [-0.39, 0.29) is 70.2 Å². The molecule has 0 fully saturated rings. The molecule has 0 aliphatic carbocycles. The molecule has 0 rings (SSSR count). The van der Waals surface area contributed by atoms with Gasteiger partial charge in [0.15, 0.2) is 12.2 Å². The van der Waals surface area contributed by atoms with Crippen molar-refractivity contribution in [2.45, 2.75) is 12.2 Å². The van der Waals surface area contributed by atoms with Crippen LogP contribution >= 0.6 is 0 Å². The van der Waals surface area contributed by atoms with Crippen LogP contribution in [0.4, 0.5) is 0 Å². The van der Waals surface area contributed by atoms with E-state index in [1.54, 1.807) is 0 Å². The van der Waals surface area contributed by atoms with E-state index in [0.29, 0.717) is 0 Å². The summed E-state index contributed by atoms with van der Waals surface area (Å²) in [6.45, 7) is 0. The number of carboxylic acid groups (broad SMARTS) is 2. The van der Waals surface area contributed by atoms with E-state index in [1.807, 2.05) is 0 Å². The molecule has 0 amide bonds. The first-order valence-corrected chi connectivity index (χ1v) is 2.28. The molecular weight excluding hydrogens is 190 g/mol. The van der Waals surface area contributed by atoms with E-state index in [4.69, 9.17) is 20.4 Å². The van der Waals surface area contributed by atoms with Gasteiger partial charge in [-0.25, -0.2) is 9.59 Å². The predicted octanol–water partition coefficient (Wildman–Crippen LogP) is -3.42. The molecule has 0 radical (unpaired) electrons. The van der Waals surface area contributed by atoms with Gasteiger partial charge in [-0.05, 0) is 0 Å². The Balaban J connectivity index is -0.000000405. The molecule has 0 bridgehead atoms. The first-order valence-electron chi connectivity index (χ1n) is 2.28. The Morgan fingerprint density at radius 2 is 1.08 bits per heavy atom. The molecule has 4 N–H and O–H groups in total. The van der Waals surface area contributed by atoms with Crippen LogP contribution in [0.3, 0.4) is 0 Å². The van der Waals surface area contributed by atoms with Gasteiger partial charge in [-0.1, -0.05) is 0 Å². The van der Waals surface area contributed by atoms with E-state index in [2.05, 4.69) is 0 Å². The molecule has 8 heteroatoms. The van der Waals surface area contributed by atoms with Crippen molar-refractivity contribution in [1.82, 2.24) is 0 Å². The van der Waals surface area contributed by atoms with E-state index in [1.165, 1.54) is 0 Å². The average molecular weight is 198 g/mol. The second kappa shape index (κ2) is 8.68.